The van der Waals surface area contributed by atoms with Gasteiger partial charge >= 0.3 is 0 Å². The number of anilines is 1. The molecule has 1 aromatic carbocycles. The van der Waals surface area contributed by atoms with Crippen molar-refractivity contribution in [2.75, 3.05) is 25.1 Å². The molecular weight excluding hydrogens is 444 g/mol. The third kappa shape index (κ3) is 3.91. The molecule has 4 heterocycles. The lowest BCUT2D eigenvalue weighted by molar-refractivity contribution is 0.0787. The minimum Gasteiger partial charge on any atom is -0.473 e. The van der Waals surface area contributed by atoms with E-state index in [9.17, 15) is 0 Å². The first-order chi connectivity index (χ1) is 15.7. The predicted molar refractivity (Wildman–Crippen MR) is 125 cm³/mol. The van der Waals surface area contributed by atoms with E-state index in [1.807, 2.05) is 12.1 Å². The van der Waals surface area contributed by atoms with Gasteiger partial charge in [0.15, 0.2) is 10.8 Å². The van der Waals surface area contributed by atoms with Crippen molar-refractivity contribution >= 4 is 44.1 Å². The van der Waals surface area contributed by atoms with Crippen LogP contribution in [-0.2, 0) is 4.74 Å². The Kier molecular flexibility index (Phi) is 5.36. The molecule has 0 atom stereocenters. The maximum atomic E-state index is 6.14. The lowest BCUT2D eigenvalue weighted by atomic mass is 9.98. The van der Waals surface area contributed by atoms with Crippen molar-refractivity contribution < 1.29 is 9.47 Å². The maximum Gasteiger partial charge on any atom is 0.232 e. The second kappa shape index (κ2) is 8.49. The van der Waals surface area contributed by atoms with Crippen LogP contribution < -0.4 is 9.64 Å². The van der Waals surface area contributed by atoms with Gasteiger partial charge < -0.3 is 14.4 Å². The van der Waals surface area contributed by atoms with Crippen molar-refractivity contribution in [1.82, 2.24) is 24.8 Å². The minimum atomic E-state index is 0.259. The highest BCUT2D eigenvalue weighted by molar-refractivity contribution is 7.99. The molecule has 1 saturated carbocycles. The highest BCUT2D eigenvalue weighted by atomic mass is 32.2. The van der Waals surface area contributed by atoms with Gasteiger partial charge in [0.05, 0.1) is 16.3 Å². The lowest BCUT2D eigenvalue weighted by Gasteiger charge is -2.37. The first-order valence-corrected chi connectivity index (χ1v) is 12.6. The zero-order valence-corrected chi connectivity index (χ0v) is 19.4. The molecule has 166 valence electrons. The summed E-state index contributed by atoms with van der Waals surface area (Å²) in [6.07, 6.45) is 6.54. The molecule has 1 saturated heterocycles. The standard InChI is InChI=1S/C22H24N6O2S2/c1-29-15-12-27(13-15)21-23-17-8-7-16(11-18(17)32-21)31-22-25-24-19-9-10-20(26-28(19)22)30-14-5-3-2-4-6-14/h7-11,14-15H,2-6,12-13H2,1H3. The molecule has 4 aromatic rings. The molecule has 6 rings (SSSR count). The van der Waals surface area contributed by atoms with Crippen molar-refractivity contribution in [1.29, 1.82) is 0 Å². The number of fused-ring (bicyclic) bond motifs is 2. The van der Waals surface area contributed by atoms with Gasteiger partial charge in [0.25, 0.3) is 0 Å². The molecule has 0 bridgehead atoms. The van der Waals surface area contributed by atoms with Gasteiger partial charge in [-0.1, -0.05) is 17.8 Å². The fraction of sp³-hybridized carbons (Fsp3) is 0.455. The molecule has 0 unspecified atom stereocenters. The summed E-state index contributed by atoms with van der Waals surface area (Å²) < 4.78 is 14.4. The van der Waals surface area contributed by atoms with Crippen molar-refractivity contribution in [3.63, 3.8) is 0 Å². The van der Waals surface area contributed by atoms with Crippen LogP contribution in [0, 0.1) is 0 Å². The topological polar surface area (TPSA) is 77.7 Å². The number of methoxy groups -OCH3 is 1. The van der Waals surface area contributed by atoms with Crippen LogP contribution >= 0.6 is 23.1 Å². The molecule has 10 heteroatoms. The third-order valence-corrected chi connectivity index (χ3v) is 8.06. The summed E-state index contributed by atoms with van der Waals surface area (Å²) in [6, 6.07) is 10.1. The number of thiazole rings is 1. The molecule has 0 radical (unpaired) electrons. The number of rotatable bonds is 6. The van der Waals surface area contributed by atoms with E-state index in [2.05, 4.69) is 38.4 Å². The van der Waals surface area contributed by atoms with Gasteiger partial charge in [-0.2, -0.15) is 4.52 Å². The van der Waals surface area contributed by atoms with Crippen LogP contribution in [0.25, 0.3) is 15.9 Å². The number of nitrogens with zero attached hydrogens (tertiary/aromatic N) is 6. The molecule has 2 aliphatic rings. The molecule has 1 aliphatic heterocycles. The number of benzene rings is 1. The molecule has 0 amide bonds. The SMILES string of the molecule is COC1CN(c2nc3ccc(Sc4nnc5ccc(OC6CCCCC6)nn45)cc3s2)C1. The van der Waals surface area contributed by atoms with Crippen LogP contribution in [0.4, 0.5) is 5.13 Å². The predicted octanol–water partition coefficient (Wildman–Crippen LogP) is 4.43. The van der Waals surface area contributed by atoms with Crippen LogP contribution in [0.1, 0.15) is 32.1 Å². The fourth-order valence-electron chi connectivity index (χ4n) is 4.17. The molecule has 2 fully saturated rings. The molecule has 3 aromatic heterocycles. The van der Waals surface area contributed by atoms with E-state index in [1.54, 1.807) is 34.7 Å². The summed E-state index contributed by atoms with van der Waals surface area (Å²) in [5.74, 6) is 0.637. The van der Waals surface area contributed by atoms with E-state index in [1.165, 1.54) is 19.3 Å². The van der Waals surface area contributed by atoms with E-state index in [-0.39, 0.29) is 6.10 Å². The highest BCUT2D eigenvalue weighted by Crippen LogP contribution is 2.35. The van der Waals surface area contributed by atoms with Gasteiger partial charge in [-0.25, -0.2) is 4.98 Å². The Bertz CT molecular complexity index is 1250. The first-order valence-electron chi connectivity index (χ1n) is 11.0. The molecule has 0 spiro atoms. The fourth-order valence-corrected chi connectivity index (χ4v) is 6.10. The Hall–Kier alpha value is -2.43. The Balaban J connectivity index is 1.22. The second-order valence-electron chi connectivity index (χ2n) is 8.29. The largest absolute Gasteiger partial charge is 0.473 e. The zero-order valence-electron chi connectivity index (χ0n) is 17.8. The smallest absolute Gasteiger partial charge is 0.232 e. The molecule has 8 nitrogen and oxygen atoms in total. The van der Waals surface area contributed by atoms with E-state index in [0.717, 1.165) is 57.0 Å². The molecule has 1 aliphatic carbocycles. The second-order valence-corrected chi connectivity index (χ2v) is 10.3. The van der Waals surface area contributed by atoms with Gasteiger partial charge in [0.1, 0.15) is 6.10 Å². The molecule has 0 N–H and O–H groups in total. The third-order valence-electron chi connectivity index (χ3n) is 6.06. The van der Waals surface area contributed by atoms with Crippen LogP contribution in [-0.4, -0.2) is 57.2 Å². The lowest BCUT2D eigenvalue weighted by Crippen LogP contribution is -2.51. The van der Waals surface area contributed by atoms with Crippen LogP contribution in [0.2, 0.25) is 0 Å². The summed E-state index contributed by atoms with van der Waals surface area (Å²) in [5, 5.41) is 15.1. The number of hydrogen-bond donors (Lipinski definition) is 0. The average molecular weight is 469 g/mol. The molecular formula is C22H24N6O2S2. The van der Waals surface area contributed by atoms with E-state index < -0.39 is 0 Å². The quantitative estimate of drug-likeness (QED) is 0.411. The Morgan fingerprint density at radius 3 is 2.75 bits per heavy atom. The summed E-state index contributed by atoms with van der Waals surface area (Å²) in [6.45, 7) is 1.81. The van der Waals surface area contributed by atoms with Gasteiger partial charge in [0, 0.05) is 31.2 Å². The average Bonchev–Trinajstić information content (AvgIpc) is 3.37. The monoisotopic (exact) mass is 468 g/mol. The molecule has 32 heavy (non-hydrogen) atoms. The van der Waals surface area contributed by atoms with E-state index in [0.29, 0.717) is 12.0 Å². The highest BCUT2D eigenvalue weighted by Gasteiger charge is 2.28. The maximum absolute atomic E-state index is 6.14. The first kappa shape index (κ1) is 20.2. The van der Waals surface area contributed by atoms with Crippen LogP contribution in [0.3, 0.4) is 0 Å². The summed E-state index contributed by atoms with van der Waals surface area (Å²) in [4.78, 5) is 8.12. The van der Waals surface area contributed by atoms with Gasteiger partial charge in [-0.15, -0.1) is 15.3 Å². The summed E-state index contributed by atoms with van der Waals surface area (Å²) in [7, 11) is 1.76. The number of ether oxygens (including phenoxy) is 2. The van der Waals surface area contributed by atoms with Gasteiger partial charge in [0.2, 0.25) is 11.0 Å². The van der Waals surface area contributed by atoms with Crippen molar-refractivity contribution in [3.8, 4) is 5.88 Å². The van der Waals surface area contributed by atoms with Crippen LogP contribution in [0.15, 0.2) is 40.4 Å². The van der Waals surface area contributed by atoms with Crippen LogP contribution in [0.5, 0.6) is 5.88 Å². The summed E-state index contributed by atoms with van der Waals surface area (Å²) in [5.41, 5.74) is 1.73. The Labute approximate surface area is 193 Å². The normalized spacial score (nSPS) is 17.8. The Morgan fingerprint density at radius 2 is 1.91 bits per heavy atom. The zero-order chi connectivity index (χ0) is 21.5. The Morgan fingerprint density at radius 1 is 1.03 bits per heavy atom. The van der Waals surface area contributed by atoms with Gasteiger partial charge in [-0.05, 0) is 61.7 Å². The van der Waals surface area contributed by atoms with Crippen molar-refractivity contribution in [2.24, 2.45) is 0 Å². The van der Waals surface area contributed by atoms with Crippen molar-refractivity contribution in [2.45, 2.75) is 54.4 Å². The number of aromatic nitrogens is 5. The summed E-state index contributed by atoms with van der Waals surface area (Å²) >= 11 is 3.26. The minimum absolute atomic E-state index is 0.259. The van der Waals surface area contributed by atoms with Crippen molar-refractivity contribution in [3.05, 3.63) is 30.3 Å². The van der Waals surface area contributed by atoms with Gasteiger partial charge in [-0.3, -0.25) is 0 Å². The van der Waals surface area contributed by atoms with E-state index in [4.69, 9.17) is 14.5 Å². The van der Waals surface area contributed by atoms with E-state index >= 15 is 0 Å². The number of hydrogen-bond acceptors (Lipinski definition) is 9.